The Morgan fingerprint density at radius 1 is 1.58 bits per heavy atom. The molecule has 0 aliphatic carbocycles. The number of amides is 1. The number of thiophene rings is 1. The number of hydrogen-bond acceptors (Lipinski definition) is 6. The van der Waals surface area contributed by atoms with Crippen molar-refractivity contribution in [3.8, 4) is 0 Å². The number of carbonyl (C=O) groups excluding carboxylic acids is 1. The molecule has 1 aromatic heterocycles. The fourth-order valence-corrected chi connectivity index (χ4v) is 2.94. The molecule has 2 heterocycles. The van der Waals surface area contributed by atoms with Crippen LogP contribution in [0.15, 0.2) is 12.1 Å². The van der Waals surface area contributed by atoms with Crippen molar-refractivity contribution in [1.82, 2.24) is 9.80 Å². The third kappa shape index (κ3) is 2.91. The Morgan fingerprint density at radius 2 is 2.32 bits per heavy atom. The Balaban J connectivity index is 2.15. The van der Waals surface area contributed by atoms with E-state index in [1.54, 1.807) is 4.90 Å². The lowest BCUT2D eigenvalue weighted by molar-refractivity contribution is -0.380. The molecule has 0 radical (unpaired) electrons. The summed E-state index contributed by atoms with van der Waals surface area (Å²) in [6.45, 7) is 2.51. The van der Waals surface area contributed by atoms with Crippen LogP contribution < -0.4 is 5.73 Å². The fourth-order valence-electron chi connectivity index (χ4n) is 2.16. The molecular formula is C11H16N4O3S. The third-order valence-electron chi connectivity index (χ3n) is 3.20. The van der Waals surface area contributed by atoms with E-state index in [1.807, 2.05) is 7.05 Å². The van der Waals surface area contributed by atoms with Gasteiger partial charge in [0.15, 0.2) is 0 Å². The van der Waals surface area contributed by atoms with E-state index in [9.17, 15) is 14.9 Å². The van der Waals surface area contributed by atoms with Crippen LogP contribution in [0.3, 0.4) is 0 Å². The van der Waals surface area contributed by atoms with E-state index in [2.05, 4.69) is 4.90 Å². The molecule has 19 heavy (non-hydrogen) atoms. The molecule has 1 unspecified atom stereocenters. The van der Waals surface area contributed by atoms with Gasteiger partial charge in [-0.15, -0.1) is 0 Å². The van der Waals surface area contributed by atoms with E-state index in [-0.39, 0.29) is 17.0 Å². The maximum absolute atomic E-state index is 12.4. The molecule has 8 heteroatoms. The second-order valence-electron chi connectivity index (χ2n) is 4.55. The van der Waals surface area contributed by atoms with Crippen LogP contribution in [-0.4, -0.2) is 59.9 Å². The number of nitrogens with two attached hydrogens (primary N) is 1. The predicted molar refractivity (Wildman–Crippen MR) is 72.3 cm³/mol. The van der Waals surface area contributed by atoms with Crippen LogP contribution in [0, 0.1) is 10.1 Å². The van der Waals surface area contributed by atoms with Gasteiger partial charge in [0, 0.05) is 32.2 Å². The van der Waals surface area contributed by atoms with Gasteiger partial charge >= 0.3 is 5.00 Å². The smallest absolute Gasteiger partial charge is 0.324 e. The van der Waals surface area contributed by atoms with Crippen LogP contribution in [0.2, 0.25) is 0 Å². The zero-order valence-electron chi connectivity index (χ0n) is 10.6. The molecule has 0 saturated carbocycles. The van der Waals surface area contributed by atoms with Gasteiger partial charge in [0.1, 0.15) is 0 Å². The highest BCUT2D eigenvalue weighted by Gasteiger charge is 2.30. The Kier molecular flexibility index (Phi) is 4.13. The standard InChI is InChI=1S/C11H16N4O3S/c1-13-4-5-14(8(6-12)7-13)11(16)9-2-3-10(19-9)15(17)18/h2-3,8H,4-7,12H2,1H3. The number of hydrogen-bond donors (Lipinski definition) is 1. The van der Waals surface area contributed by atoms with E-state index >= 15 is 0 Å². The minimum Gasteiger partial charge on any atom is -0.331 e. The summed E-state index contributed by atoms with van der Waals surface area (Å²) in [5.41, 5.74) is 5.70. The van der Waals surface area contributed by atoms with Gasteiger partial charge < -0.3 is 15.5 Å². The number of nitrogens with zero attached hydrogens (tertiary/aromatic N) is 3. The highest BCUT2D eigenvalue weighted by molar-refractivity contribution is 7.17. The second kappa shape index (κ2) is 5.64. The quantitative estimate of drug-likeness (QED) is 0.639. The summed E-state index contributed by atoms with van der Waals surface area (Å²) in [6, 6.07) is 2.84. The van der Waals surface area contributed by atoms with E-state index in [0.29, 0.717) is 18.0 Å². The van der Waals surface area contributed by atoms with E-state index < -0.39 is 4.92 Å². The number of rotatable bonds is 3. The van der Waals surface area contributed by atoms with Crippen molar-refractivity contribution in [3.05, 3.63) is 27.1 Å². The predicted octanol–water partition coefficient (Wildman–Crippen LogP) is 0.371. The molecule has 1 aliphatic heterocycles. The van der Waals surface area contributed by atoms with E-state index in [1.165, 1.54) is 12.1 Å². The molecule has 0 aromatic carbocycles. The molecule has 7 nitrogen and oxygen atoms in total. The molecule has 1 atom stereocenters. The van der Waals surface area contributed by atoms with Gasteiger partial charge in [-0.3, -0.25) is 14.9 Å². The average molecular weight is 284 g/mol. The first kappa shape index (κ1) is 13.9. The van der Waals surface area contributed by atoms with Gasteiger partial charge in [0.2, 0.25) is 0 Å². The van der Waals surface area contributed by atoms with Gasteiger partial charge in [0.25, 0.3) is 5.91 Å². The minimum absolute atomic E-state index is 0.0122. The molecule has 1 fully saturated rings. The summed E-state index contributed by atoms with van der Waals surface area (Å²) in [5, 5.41) is 10.6. The van der Waals surface area contributed by atoms with Crippen molar-refractivity contribution in [2.24, 2.45) is 5.73 Å². The number of likely N-dealkylation sites (N-methyl/N-ethyl adjacent to an activating group) is 1. The summed E-state index contributed by atoms with van der Waals surface area (Å²) < 4.78 is 0. The number of carbonyl (C=O) groups is 1. The maximum atomic E-state index is 12.4. The fraction of sp³-hybridized carbons (Fsp3) is 0.545. The van der Waals surface area contributed by atoms with Crippen molar-refractivity contribution in [2.75, 3.05) is 33.2 Å². The first-order valence-electron chi connectivity index (χ1n) is 5.96. The largest absolute Gasteiger partial charge is 0.331 e. The summed E-state index contributed by atoms with van der Waals surface area (Å²) in [5.74, 6) is -0.165. The monoisotopic (exact) mass is 284 g/mol. The second-order valence-corrected chi connectivity index (χ2v) is 5.61. The lowest BCUT2D eigenvalue weighted by Gasteiger charge is -2.39. The Morgan fingerprint density at radius 3 is 2.89 bits per heavy atom. The maximum Gasteiger partial charge on any atom is 0.324 e. The SMILES string of the molecule is CN1CCN(C(=O)c2ccc([N+](=O)[O-])s2)C(CN)C1. The van der Waals surface area contributed by atoms with Crippen LogP contribution in [-0.2, 0) is 0 Å². The molecule has 1 saturated heterocycles. The molecular weight excluding hydrogens is 268 g/mol. The highest BCUT2D eigenvalue weighted by Crippen LogP contribution is 2.26. The first-order chi connectivity index (χ1) is 9.02. The molecule has 2 N–H and O–H groups in total. The van der Waals surface area contributed by atoms with Crippen molar-refractivity contribution in [1.29, 1.82) is 0 Å². The van der Waals surface area contributed by atoms with Crippen LogP contribution in [0.5, 0.6) is 0 Å². The zero-order chi connectivity index (χ0) is 14.0. The summed E-state index contributed by atoms with van der Waals surface area (Å²) in [6.07, 6.45) is 0. The van der Waals surface area contributed by atoms with Crippen molar-refractivity contribution in [3.63, 3.8) is 0 Å². The third-order valence-corrected chi connectivity index (χ3v) is 4.23. The summed E-state index contributed by atoms with van der Waals surface area (Å²) in [7, 11) is 1.99. The van der Waals surface area contributed by atoms with Crippen molar-refractivity contribution in [2.45, 2.75) is 6.04 Å². The van der Waals surface area contributed by atoms with Crippen LogP contribution in [0.4, 0.5) is 5.00 Å². The van der Waals surface area contributed by atoms with Gasteiger partial charge in [-0.2, -0.15) is 0 Å². The van der Waals surface area contributed by atoms with Crippen molar-refractivity contribution < 1.29 is 9.72 Å². The Labute approximate surface area is 114 Å². The minimum atomic E-state index is -0.480. The van der Waals surface area contributed by atoms with Crippen LogP contribution in [0.1, 0.15) is 9.67 Å². The van der Waals surface area contributed by atoms with Gasteiger partial charge in [-0.05, 0) is 13.1 Å². The average Bonchev–Trinajstić information content (AvgIpc) is 2.87. The van der Waals surface area contributed by atoms with E-state index in [0.717, 1.165) is 24.4 Å². The topological polar surface area (TPSA) is 92.7 Å². The Bertz CT molecular complexity index is 490. The van der Waals surface area contributed by atoms with Crippen LogP contribution in [0.25, 0.3) is 0 Å². The van der Waals surface area contributed by atoms with Gasteiger partial charge in [-0.1, -0.05) is 11.3 Å². The van der Waals surface area contributed by atoms with Crippen molar-refractivity contribution >= 4 is 22.2 Å². The first-order valence-corrected chi connectivity index (χ1v) is 6.78. The normalized spacial score (nSPS) is 20.5. The van der Waals surface area contributed by atoms with Crippen LogP contribution >= 0.6 is 11.3 Å². The zero-order valence-corrected chi connectivity index (χ0v) is 11.4. The molecule has 1 aliphatic rings. The molecule has 2 rings (SSSR count). The number of piperazine rings is 1. The lowest BCUT2D eigenvalue weighted by Crippen LogP contribution is -2.56. The van der Waals surface area contributed by atoms with E-state index in [4.69, 9.17) is 5.73 Å². The summed E-state index contributed by atoms with van der Waals surface area (Å²) >= 11 is 0.911. The molecule has 104 valence electrons. The van der Waals surface area contributed by atoms with Gasteiger partial charge in [-0.25, -0.2) is 0 Å². The molecule has 0 bridgehead atoms. The van der Waals surface area contributed by atoms with Gasteiger partial charge in [0.05, 0.1) is 15.8 Å². The Hall–Kier alpha value is -1.51. The molecule has 1 aromatic rings. The number of nitro groups is 1. The highest BCUT2D eigenvalue weighted by atomic mass is 32.1. The molecule has 1 amide bonds. The molecule has 0 spiro atoms. The lowest BCUT2D eigenvalue weighted by atomic mass is 10.1. The summed E-state index contributed by atoms with van der Waals surface area (Å²) in [4.78, 5) is 26.8.